The van der Waals surface area contributed by atoms with Crippen LogP contribution in [0.5, 0.6) is 0 Å². The van der Waals surface area contributed by atoms with Crippen LogP contribution in [0.15, 0.2) is 0 Å². The predicted molar refractivity (Wildman–Crippen MR) is 195 cm³/mol. The molecule has 292 valence electrons. The van der Waals surface area contributed by atoms with Crippen LogP contribution in [0.2, 0.25) is 0 Å². The molecule has 4 aliphatic carbocycles. The summed E-state index contributed by atoms with van der Waals surface area (Å²) in [5.41, 5.74) is 16.7. The third-order valence-corrected chi connectivity index (χ3v) is 13.7. The Hall–Kier alpha value is -2.24. The van der Waals surface area contributed by atoms with Gasteiger partial charge in [-0.3, -0.25) is 19.2 Å². The van der Waals surface area contributed by atoms with Crippen LogP contribution in [0.1, 0.15) is 137 Å². The van der Waals surface area contributed by atoms with Crippen LogP contribution >= 0.6 is 0 Å². The van der Waals surface area contributed by atoms with E-state index in [1.807, 2.05) is 0 Å². The van der Waals surface area contributed by atoms with Crippen LogP contribution in [0.25, 0.3) is 0 Å². The van der Waals surface area contributed by atoms with Gasteiger partial charge < -0.3 is 36.1 Å². The second-order valence-corrected chi connectivity index (χ2v) is 16.7. The highest BCUT2D eigenvalue weighted by atomic mass is 16.6. The lowest BCUT2D eigenvalue weighted by atomic mass is 9.43. The second-order valence-electron chi connectivity index (χ2n) is 16.7. The largest absolute Gasteiger partial charge is 0.466 e. The molecule has 7 unspecified atom stereocenters. The molecule has 51 heavy (non-hydrogen) atoms. The first-order valence-corrected chi connectivity index (χ1v) is 20.3. The number of hydrogen-bond acceptors (Lipinski definition) is 11. The summed E-state index contributed by atoms with van der Waals surface area (Å²) in [5.74, 6) is -0.00580. The number of carbonyl (C=O) groups excluding carboxylic acids is 4. The summed E-state index contributed by atoms with van der Waals surface area (Å²) >= 11 is 0. The Labute approximate surface area is 306 Å². The molecule has 0 saturated heterocycles. The molecule has 0 spiro atoms. The SMILES string of the molecule is CCCCCCCOC(=O)CC[C@@H](C)C1CCC2C3C(C[C@H](OC(=O)CCN)C21C)C1(C)CC[C@@H](OC(=O)CCN)CC1C[C@H]3OC(=O)CCN. The summed E-state index contributed by atoms with van der Waals surface area (Å²) in [5, 5.41) is 0. The highest BCUT2D eigenvalue weighted by Crippen LogP contribution is 2.69. The fraction of sp³-hybridized carbons (Fsp3) is 0.900. The molecule has 0 aliphatic heterocycles. The Balaban J connectivity index is 1.58. The van der Waals surface area contributed by atoms with Gasteiger partial charge in [0.15, 0.2) is 0 Å². The van der Waals surface area contributed by atoms with E-state index in [1.54, 1.807) is 0 Å². The van der Waals surface area contributed by atoms with Crippen molar-refractivity contribution >= 4 is 23.9 Å². The summed E-state index contributed by atoms with van der Waals surface area (Å²) in [6.45, 7) is 10.2. The smallest absolute Gasteiger partial charge is 0.307 e. The average molecular weight is 720 g/mol. The van der Waals surface area contributed by atoms with Crippen molar-refractivity contribution < 1.29 is 38.1 Å². The topological polar surface area (TPSA) is 183 Å². The maximum absolute atomic E-state index is 13.2. The number of carbonyl (C=O) groups is 4. The molecule has 0 aromatic rings. The molecule has 4 saturated carbocycles. The molecule has 11 heteroatoms. The maximum atomic E-state index is 13.2. The summed E-state index contributed by atoms with van der Waals surface area (Å²) in [6, 6.07) is 0. The number of nitrogens with two attached hydrogens (primary N) is 3. The Morgan fingerprint density at radius 1 is 0.725 bits per heavy atom. The molecule has 4 fully saturated rings. The number of fused-ring (bicyclic) bond motifs is 5. The molecule has 11 nitrogen and oxygen atoms in total. The van der Waals surface area contributed by atoms with Gasteiger partial charge >= 0.3 is 23.9 Å². The number of ether oxygens (including phenoxy) is 4. The quantitative estimate of drug-likeness (QED) is 0.0861. The zero-order valence-electron chi connectivity index (χ0n) is 32.0. The first kappa shape index (κ1) is 41.5. The predicted octanol–water partition coefficient (Wildman–Crippen LogP) is 5.58. The van der Waals surface area contributed by atoms with Crippen molar-refractivity contribution in [3.05, 3.63) is 0 Å². The summed E-state index contributed by atoms with van der Waals surface area (Å²) in [6.07, 6.45) is 11.9. The molecular formula is C40H69N3O8. The molecular weight excluding hydrogens is 650 g/mol. The monoisotopic (exact) mass is 720 g/mol. The number of esters is 4. The fourth-order valence-corrected chi connectivity index (χ4v) is 11.0. The number of unbranched alkanes of at least 4 members (excludes halogenated alkanes) is 4. The molecule has 0 bridgehead atoms. The van der Waals surface area contributed by atoms with Gasteiger partial charge in [-0.2, -0.15) is 0 Å². The zero-order chi connectivity index (χ0) is 37.2. The summed E-state index contributed by atoms with van der Waals surface area (Å²) in [4.78, 5) is 51.5. The van der Waals surface area contributed by atoms with Crippen molar-refractivity contribution in [2.75, 3.05) is 26.2 Å². The van der Waals surface area contributed by atoms with Crippen LogP contribution in [0.4, 0.5) is 0 Å². The highest BCUT2D eigenvalue weighted by molar-refractivity contribution is 5.71. The normalized spacial score (nSPS) is 34.7. The molecule has 0 heterocycles. The first-order chi connectivity index (χ1) is 24.4. The van der Waals surface area contributed by atoms with Gasteiger partial charge in [0.25, 0.3) is 0 Å². The van der Waals surface area contributed by atoms with Crippen molar-refractivity contribution in [3.63, 3.8) is 0 Å². The van der Waals surface area contributed by atoms with Gasteiger partial charge in [0.05, 0.1) is 25.9 Å². The third-order valence-electron chi connectivity index (χ3n) is 13.7. The van der Waals surface area contributed by atoms with Crippen molar-refractivity contribution in [2.45, 2.75) is 155 Å². The van der Waals surface area contributed by atoms with E-state index in [0.29, 0.717) is 38.7 Å². The van der Waals surface area contributed by atoms with Crippen LogP contribution < -0.4 is 17.2 Å². The van der Waals surface area contributed by atoms with Crippen LogP contribution in [0, 0.1) is 46.3 Å². The third kappa shape index (κ3) is 9.85. The number of rotatable bonds is 19. The average Bonchev–Trinajstić information content (AvgIpc) is 3.44. The van der Waals surface area contributed by atoms with E-state index in [2.05, 4.69) is 27.7 Å². The van der Waals surface area contributed by atoms with E-state index < -0.39 is 0 Å². The lowest BCUT2D eigenvalue weighted by Gasteiger charge is -2.64. The van der Waals surface area contributed by atoms with Gasteiger partial charge in [0, 0.05) is 37.4 Å². The lowest BCUT2D eigenvalue weighted by Crippen LogP contribution is -2.63. The van der Waals surface area contributed by atoms with E-state index in [1.165, 1.54) is 19.3 Å². The van der Waals surface area contributed by atoms with E-state index >= 15 is 0 Å². The Morgan fingerprint density at radius 3 is 2.04 bits per heavy atom. The second kappa shape index (κ2) is 19.2. The minimum absolute atomic E-state index is 0.0913. The molecule has 0 radical (unpaired) electrons. The van der Waals surface area contributed by atoms with Gasteiger partial charge in [-0.1, -0.05) is 53.4 Å². The van der Waals surface area contributed by atoms with Gasteiger partial charge in [0.2, 0.25) is 0 Å². The van der Waals surface area contributed by atoms with Crippen LogP contribution in [-0.4, -0.2) is 68.4 Å². The summed E-state index contributed by atoms with van der Waals surface area (Å²) in [7, 11) is 0. The molecule has 6 N–H and O–H groups in total. The molecule has 4 rings (SSSR count). The molecule has 0 aromatic heterocycles. The van der Waals surface area contributed by atoms with E-state index in [0.717, 1.165) is 38.5 Å². The van der Waals surface area contributed by atoms with E-state index in [9.17, 15) is 19.2 Å². The van der Waals surface area contributed by atoms with Crippen molar-refractivity contribution in [1.82, 2.24) is 0 Å². The Morgan fingerprint density at radius 2 is 1.37 bits per heavy atom. The first-order valence-electron chi connectivity index (χ1n) is 20.3. The van der Waals surface area contributed by atoms with Crippen molar-refractivity contribution in [1.29, 1.82) is 0 Å². The zero-order valence-corrected chi connectivity index (χ0v) is 32.0. The van der Waals surface area contributed by atoms with Gasteiger partial charge in [-0.05, 0) is 92.8 Å². The fourth-order valence-electron chi connectivity index (χ4n) is 11.0. The minimum Gasteiger partial charge on any atom is -0.466 e. The molecule has 4 aliphatic rings. The van der Waals surface area contributed by atoms with E-state index in [-0.39, 0.29) is 127 Å². The van der Waals surface area contributed by atoms with Gasteiger partial charge in [-0.25, -0.2) is 0 Å². The van der Waals surface area contributed by atoms with Crippen LogP contribution in [0.3, 0.4) is 0 Å². The van der Waals surface area contributed by atoms with Gasteiger partial charge in [0.1, 0.15) is 18.3 Å². The summed E-state index contributed by atoms with van der Waals surface area (Å²) < 4.78 is 24.3. The maximum Gasteiger partial charge on any atom is 0.307 e. The lowest BCUT2D eigenvalue weighted by molar-refractivity contribution is -0.225. The molecule has 0 aromatic carbocycles. The minimum atomic E-state index is -0.370. The number of hydrogen-bond donors (Lipinski definition) is 3. The molecule has 11 atom stereocenters. The van der Waals surface area contributed by atoms with Gasteiger partial charge in [-0.15, -0.1) is 0 Å². The van der Waals surface area contributed by atoms with E-state index in [4.69, 9.17) is 36.1 Å². The van der Waals surface area contributed by atoms with Crippen LogP contribution in [-0.2, 0) is 38.1 Å². The highest BCUT2D eigenvalue weighted by Gasteiger charge is 2.67. The Bertz CT molecular complexity index is 1170. The van der Waals surface area contributed by atoms with Crippen molar-refractivity contribution in [3.8, 4) is 0 Å². The Kier molecular flexibility index (Phi) is 15.6. The van der Waals surface area contributed by atoms with Crippen molar-refractivity contribution in [2.24, 2.45) is 63.5 Å². The standard InChI is InChI=1S/C40H69N3O8/c1-5-6-7-8-9-22-48-34(44)13-10-26(2)29-11-12-30-38-31(25-33(40(29,30)4)51-37(47)17-21-43)39(3)18-14-28(49-35(45)15-19-41)23-27(39)24-32(38)50-36(46)16-20-42/h26-33,38H,5-25,41-43H2,1-4H3/t26-,27?,28-,29?,30?,31?,32-,33+,38?,39?,40?/m1/s1. The molecule has 0 amide bonds.